The molecule has 0 aliphatic heterocycles. The Balaban J connectivity index is 1.77. The summed E-state index contributed by atoms with van der Waals surface area (Å²) in [7, 11) is 0. The van der Waals surface area contributed by atoms with E-state index in [1.165, 1.54) is 32.1 Å². The van der Waals surface area contributed by atoms with Gasteiger partial charge in [-0.3, -0.25) is 0 Å². The monoisotopic (exact) mass is 219 g/mol. The molecule has 1 aromatic carbocycles. The molecule has 0 unspecified atom stereocenters. The van der Waals surface area contributed by atoms with Gasteiger partial charge in [0, 0.05) is 12.6 Å². The number of aliphatic hydroxyl groups excluding tert-OH is 1. The Kier molecular flexibility index (Phi) is 4.37. The first-order valence-corrected chi connectivity index (χ1v) is 6.32. The molecule has 1 aromatic rings. The molecule has 0 radical (unpaired) electrons. The van der Waals surface area contributed by atoms with Crippen molar-refractivity contribution in [1.29, 1.82) is 0 Å². The zero-order valence-corrected chi connectivity index (χ0v) is 9.73. The minimum absolute atomic E-state index is 0.372. The fourth-order valence-corrected chi connectivity index (χ4v) is 2.38. The topological polar surface area (TPSA) is 32.3 Å². The number of rotatable bonds is 4. The minimum Gasteiger partial charge on any atom is -0.387 e. The summed E-state index contributed by atoms with van der Waals surface area (Å²) < 4.78 is 0. The van der Waals surface area contributed by atoms with Crippen LogP contribution in [-0.2, 0) is 0 Å². The van der Waals surface area contributed by atoms with Crippen LogP contribution in [0.25, 0.3) is 0 Å². The van der Waals surface area contributed by atoms with E-state index in [2.05, 4.69) is 5.32 Å². The van der Waals surface area contributed by atoms with Crippen molar-refractivity contribution in [2.45, 2.75) is 44.2 Å². The van der Waals surface area contributed by atoms with Crippen LogP contribution < -0.4 is 5.32 Å². The third-order valence-electron chi connectivity index (χ3n) is 3.39. The molecule has 88 valence electrons. The molecule has 2 N–H and O–H groups in total. The van der Waals surface area contributed by atoms with Crippen molar-refractivity contribution < 1.29 is 5.11 Å². The van der Waals surface area contributed by atoms with Crippen LogP contribution in [0.15, 0.2) is 30.3 Å². The first kappa shape index (κ1) is 11.6. The number of hydrogen-bond donors (Lipinski definition) is 2. The number of benzene rings is 1. The van der Waals surface area contributed by atoms with Gasteiger partial charge in [-0.05, 0) is 18.4 Å². The van der Waals surface area contributed by atoms with Gasteiger partial charge >= 0.3 is 0 Å². The van der Waals surface area contributed by atoms with Crippen molar-refractivity contribution in [2.75, 3.05) is 6.54 Å². The van der Waals surface area contributed by atoms with E-state index in [-0.39, 0.29) is 6.10 Å². The van der Waals surface area contributed by atoms with Gasteiger partial charge < -0.3 is 10.4 Å². The molecule has 16 heavy (non-hydrogen) atoms. The summed E-state index contributed by atoms with van der Waals surface area (Å²) in [4.78, 5) is 0. The van der Waals surface area contributed by atoms with Crippen LogP contribution in [0.2, 0.25) is 0 Å². The van der Waals surface area contributed by atoms with Crippen LogP contribution in [0.4, 0.5) is 0 Å². The van der Waals surface area contributed by atoms with E-state index in [4.69, 9.17) is 0 Å². The molecule has 0 aromatic heterocycles. The second-order valence-corrected chi connectivity index (χ2v) is 4.67. The van der Waals surface area contributed by atoms with Gasteiger partial charge in [0.25, 0.3) is 0 Å². The predicted molar refractivity (Wildman–Crippen MR) is 66.3 cm³/mol. The van der Waals surface area contributed by atoms with Crippen molar-refractivity contribution in [1.82, 2.24) is 5.32 Å². The highest BCUT2D eigenvalue weighted by atomic mass is 16.3. The highest BCUT2D eigenvalue weighted by Crippen LogP contribution is 2.18. The van der Waals surface area contributed by atoms with E-state index in [1.54, 1.807) is 0 Å². The van der Waals surface area contributed by atoms with E-state index in [1.807, 2.05) is 30.3 Å². The van der Waals surface area contributed by atoms with Crippen molar-refractivity contribution in [3.05, 3.63) is 35.9 Å². The summed E-state index contributed by atoms with van der Waals surface area (Å²) in [5.74, 6) is 0. The van der Waals surface area contributed by atoms with E-state index in [0.717, 1.165) is 5.56 Å². The Morgan fingerprint density at radius 1 is 1.12 bits per heavy atom. The number of nitrogens with one attached hydrogen (secondary N) is 1. The largest absolute Gasteiger partial charge is 0.387 e. The zero-order valence-electron chi connectivity index (χ0n) is 9.73. The Labute approximate surface area is 97.7 Å². The van der Waals surface area contributed by atoms with E-state index >= 15 is 0 Å². The predicted octanol–water partition coefficient (Wildman–Crippen LogP) is 2.64. The van der Waals surface area contributed by atoms with Crippen LogP contribution >= 0.6 is 0 Å². The molecule has 1 atom stereocenters. The first-order chi connectivity index (χ1) is 7.86. The molecule has 0 amide bonds. The molecular weight excluding hydrogens is 198 g/mol. The molecule has 1 aliphatic carbocycles. The lowest BCUT2D eigenvalue weighted by Gasteiger charge is -2.24. The lowest BCUT2D eigenvalue weighted by atomic mass is 9.95. The summed E-state index contributed by atoms with van der Waals surface area (Å²) in [6.07, 6.45) is 6.20. The molecule has 2 nitrogen and oxygen atoms in total. The van der Waals surface area contributed by atoms with E-state index in [9.17, 15) is 5.11 Å². The van der Waals surface area contributed by atoms with Gasteiger partial charge in [-0.15, -0.1) is 0 Å². The Morgan fingerprint density at radius 3 is 2.50 bits per heavy atom. The summed E-state index contributed by atoms with van der Waals surface area (Å²) in [5.41, 5.74) is 1.01. The Hall–Kier alpha value is -0.860. The second kappa shape index (κ2) is 6.02. The molecule has 0 spiro atoms. The normalized spacial score (nSPS) is 19.6. The SMILES string of the molecule is O[C@H](CNC1CCCCC1)c1ccccc1. The van der Waals surface area contributed by atoms with Crippen LogP contribution in [0.3, 0.4) is 0 Å². The summed E-state index contributed by atoms with van der Waals surface area (Å²) >= 11 is 0. The molecule has 1 fully saturated rings. The average molecular weight is 219 g/mol. The van der Waals surface area contributed by atoms with Crippen LogP contribution in [0.1, 0.15) is 43.8 Å². The summed E-state index contributed by atoms with van der Waals surface area (Å²) in [6.45, 7) is 0.675. The lowest BCUT2D eigenvalue weighted by molar-refractivity contribution is 0.165. The highest BCUT2D eigenvalue weighted by Gasteiger charge is 2.14. The van der Waals surface area contributed by atoms with Crippen LogP contribution in [0.5, 0.6) is 0 Å². The molecule has 2 heteroatoms. The van der Waals surface area contributed by atoms with Crippen molar-refractivity contribution in [3.63, 3.8) is 0 Å². The van der Waals surface area contributed by atoms with Crippen molar-refractivity contribution >= 4 is 0 Å². The fourth-order valence-electron chi connectivity index (χ4n) is 2.38. The van der Waals surface area contributed by atoms with Crippen molar-refractivity contribution in [2.24, 2.45) is 0 Å². The Bertz CT molecular complexity index is 293. The summed E-state index contributed by atoms with van der Waals surface area (Å²) in [5, 5.41) is 13.5. The smallest absolute Gasteiger partial charge is 0.0914 e. The van der Waals surface area contributed by atoms with Gasteiger partial charge in [0.1, 0.15) is 0 Å². The minimum atomic E-state index is -0.372. The van der Waals surface area contributed by atoms with Crippen LogP contribution in [0, 0.1) is 0 Å². The fraction of sp³-hybridized carbons (Fsp3) is 0.571. The zero-order chi connectivity index (χ0) is 11.2. The van der Waals surface area contributed by atoms with Crippen molar-refractivity contribution in [3.8, 4) is 0 Å². The molecule has 0 saturated heterocycles. The van der Waals surface area contributed by atoms with Gasteiger partial charge in [0.15, 0.2) is 0 Å². The maximum atomic E-state index is 9.99. The number of hydrogen-bond acceptors (Lipinski definition) is 2. The quantitative estimate of drug-likeness (QED) is 0.816. The standard InChI is InChI=1S/C14H21NO/c16-14(12-7-3-1-4-8-12)11-15-13-9-5-2-6-10-13/h1,3-4,7-8,13-16H,2,5-6,9-11H2/t14-/m1/s1. The highest BCUT2D eigenvalue weighted by molar-refractivity contribution is 5.17. The van der Waals surface area contributed by atoms with Gasteiger partial charge in [-0.2, -0.15) is 0 Å². The van der Waals surface area contributed by atoms with Gasteiger partial charge in [0.05, 0.1) is 6.10 Å². The van der Waals surface area contributed by atoms with Gasteiger partial charge in [-0.25, -0.2) is 0 Å². The third kappa shape index (κ3) is 3.32. The molecule has 1 aliphatic rings. The lowest BCUT2D eigenvalue weighted by Crippen LogP contribution is -2.34. The molecule has 2 rings (SSSR count). The second-order valence-electron chi connectivity index (χ2n) is 4.67. The molecular formula is C14H21NO. The maximum absolute atomic E-state index is 9.99. The number of aliphatic hydroxyl groups is 1. The maximum Gasteiger partial charge on any atom is 0.0914 e. The molecule has 1 saturated carbocycles. The van der Waals surface area contributed by atoms with Crippen LogP contribution in [-0.4, -0.2) is 17.7 Å². The third-order valence-corrected chi connectivity index (χ3v) is 3.39. The summed E-state index contributed by atoms with van der Waals surface area (Å²) in [6, 6.07) is 10.5. The average Bonchev–Trinajstić information content (AvgIpc) is 2.38. The Morgan fingerprint density at radius 2 is 1.81 bits per heavy atom. The molecule has 0 bridgehead atoms. The first-order valence-electron chi connectivity index (χ1n) is 6.32. The van der Waals surface area contributed by atoms with Gasteiger partial charge in [0.2, 0.25) is 0 Å². The van der Waals surface area contributed by atoms with E-state index < -0.39 is 0 Å². The van der Waals surface area contributed by atoms with E-state index in [0.29, 0.717) is 12.6 Å². The van der Waals surface area contributed by atoms with Gasteiger partial charge in [-0.1, -0.05) is 49.6 Å². The molecule has 0 heterocycles.